The number of benzene rings is 2. The van der Waals surface area contributed by atoms with Crippen molar-refractivity contribution >= 4 is 40.8 Å². The Morgan fingerprint density at radius 1 is 0.714 bits per heavy atom. The Kier molecular flexibility index (Phi) is 3.84. The molecule has 2 aromatic rings. The van der Waals surface area contributed by atoms with Gasteiger partial charge in [-0.3, -0.25) is 4.79 Å². The summed E-state index contributed by atoms with van der Waals surface area (Å²) < 4.78 is 0. The van der Waals surface area contributed by atoms with Crippen molar-refractivity contribution in [3.63, 3.8) is 0 Å². The molecule has 3 rings (SSSR count). The number of carboxylic acids is 2. The van der Waals surface area contributed by atoms with Gasteiger partial charge in [0.15, 0.2) is 5.78 Å². The zero-order valence-electron chi connectivity index (χ0n) is 10.7. The Hall–Kier alpha value is -2.18. The van der Waals surface area contributed by atoms with Gasteiger partial charge in [0.2, 0.25) is 0 Å². The van der Waals surface area contributed by atoms with Crippen molar-refractivity contribution in [1.82, 2.24) is 0 Å². The molecule has 0 saturated heterocycles. The van der Waals surface area contributed by atoms with Crippen LogP contribution < -0.4 is 10.2 Å². The Labute approximate surface area is 135 Å². The molecule has 0 atom stereocenters. The molecule has 1 aliphatic carbocycles. The van der Waals surface area contributed by atoms with Crippen molar-refractivity contribution in [2.75, 3.05) is 0 Å². The predicted octanol–water partition coefficient (Wildman–Crippen LogP) is -0.756. The summed E-state index contributed by atoms with van der Waals surface area (Å²) in [5, 5.41) is 21.6. The van der Waals surface area contributed by atoms with Crippen LogP contribution in [0.1, 0.15) is 36.6 Å². The molecule has 1 aliphatic rings. The molecule has 0 aliphatic heterocycles. The van der Waals surface area contributed by atoms with E-state index in [-0.39, 0.29) is 45.3 Å². The fourth-order valence-electron chi connectivity index (χ4n) is 2.33. The van der Waals surface area contributed by atoms with Crippen LogP contribution in [0.4, 0.5) is 0 Å². The maximum atomic E-state index is 12.2. The SMILES string of the molecule is O=C([O-])c1ccc2c(c1)C(=O)c1cc(C(=O)[O-])ccc1-2.[Mg+2]. The average molecular weight is 291 g/mol. The third-order valence-corrected chi connectivity index (χ3v) is 3.29. The summed E-state index contributed by atoms with van der Waals surface area (Å²) in [6, 6.07) is 8.22. The largest absolute Gasteiger partial charge is 2.00 e. The minimum Gasteiger partial charge on any atom is -0.545 e. The molecule has 21 heavy (non-hydrogen) atoms. The molecule has 0 fully saturated rings. The molecule has 0 N–H and O–H groups in total. The molecule has 0 spiro atoms. The summed E-state index contributed by atoms with van der Waals surface area (Å²) in [4.78, 5) is 33.8. The third kappa shape index (κ3) is 2.32. The van der Waals surface area contributed by atoms with Crippen molar-refractivity contribution in [1.29, 1.82) is 0 Å². The van der Waals surface area contributed by atoms with Crippen LogP contribution >= 0.6 is 0 Å². The topological polar surface area (TPSA) is 97.3 Å². The van der Waals surface area contributed by atoms with Gasteiger partial charge in [-0.25, -0.2) is 0 Å². The molecule has 0 bridgehead atoms. The van der Waals surface area contributed by atoms with Crippen LogP contribution in [0.3, 0.4) is 0 Å². The van der Waals surface area contributed by atoms with E-state index in [1.165, 1.54) is 36.4 Å². The van der Waals surface area contributed by atoms with Crippen molar-refractivity contribution in [3.8, 4) is 11.1 Å². The fourth-order valence-corrected chi connectivity index (χ4v) is 2.33. The number of carbonyl (C=O) groups is 3. The molecule has 0 amide bonds. The first kappa shape index (κ1) is 15.2. The van der Waals surface area contributed by atoms with E-state index in [1.54, 1.807) is 0 Å². The number of carbonyl (C=O) groups excluding carboxylic acids is 3. The van der Waals surface area contributed by atoms with E-state index in [9.17, 15) is 24.6 Å². The zero-order chi connectivity index (χ0) is 14.4. The number of fused-ring (bicyclic) bond motifs is 3. The normalized spacial score (nSPS) is 11.3. The van der Waals surface area contributed by atoms with Gasteiger partial charge in [-0.2, -0.15) is 0 Å². The summed E-state index contributed by atoms with van der Waals surface area (Å²) in [7, 11) is 0. The molecule has 0 saturated carbocycles. The molecule has 0 aromatic heterocycles. The predicted molar refractivity (Wildman–Crippen MR) is 69.7 cm³/mol. The molecular formula is C15H6MgO5. The van der Waals surface area contributed by atoms with Crippen LogP contribution in [0.2, 0.25) is 0 Å². The van der Waals surface area contributed by atoms with E-state index in [4.69, 9.17) is 0 Å². The summed E-state index contributed by atoms with van der Waals surface area (Å²) >= 11 is 0. The molecule has 5 nitrogen and oxygen atoms in total. The van der Waals surface area contributed by atoms with Crippen molar-refractivity contribution in [2.24, 2.45) is 0 Å². The van der Waals surface area contributed by atoms with Crippen molar-refractivity contribution in [3.05, 3.63) is 58.7 Å². The molecule has 0 heterocycles. The minimum absolute atomic E-state index is 0. The van der Waals surface area contributed by atoms with Crippen LogP contribution in [-0.4, -0.2) is 40.8 Å². The maximum absolute atomic E-state index is 12.2. The first-order valence-electron chi connectivity index (χ1n) is 5.75. The molecule has 0 radical (unpaired) electrons. The van der Waals surface area contributed by atoms with Crippen LogP contribution in [0.15, 0.2) is 36.4 Å². The second-order valence-electron chi connectivity index (χ2n) is 4.42. The number of hydrogen-bond acceptors (Lipinski definition) is 5. The quantitative estimate of drug-likeness (QED) is 0.578. The van der Waals surface area contributed by atoms with E-state index >= 15 is 0 Å². The first-order chi connectivity index (χ1) is 9.49. The van der Waals surface area contributed by atoms with Crippen LogP contribution in [0.25, 0.3) is 11.1 Å². The van der Waals surface area contributed by atoms with Gasteiger partial charge in [0.25, 0.3) is 0 Å². The van der Waals surface area contributed by atoms with Gasteiger partial charge in [-0.15, -0.1) is 0 Å². The summed E-state index contributed by atoms with van der Waals surface area (Å²) in [6.45, 7) is 0. The Morgan fingerprint density at radius 2 is 1.10 bits per heavy atom. The van der Waals surface area contributed by atoms with E-state index in [0.29, 0.717) is 11.1 Å². The van der Waals surface area contributed by atoms with E-state index in [0.717, 1.165) is 0 Å². The van der Waals surface area contributed by atoms with Crippen LogP contribution in [0, 0.1) is 0 Å². The van der Waals surface area contributed by atoms with Gasteiger partial charge < -0.3 is 19.8 Å². The number of hydrogen-bond donors (Lipinski definition) is 0. The third-order valence-electron chi connectivity index (χ3n) is 3.29. The summed E-state index contributed by atoms with van der Waals surface area (Å²) in [5.74, 6) is -3.14. The van der Waals surface area contributed by atoms with Crippen molar-refractivity contribution in [2.45, 2.75) is 0 Å². The molecule has 2 aromatic carbocycles. The number of carboxylic acid groups (broad SMARTS) is 2. The van der Waals surface area contributed by atoms with Gasteiger partial charge in [0.05, 0.1) is 11.9 Å². The van der Waals surface area contributed by atoms with Crippen molar-refractivity contribution < 1.29 is 24.6 Å². The van der Waals surface area contributed by atoms with E-state index in [2.05, 4.69) is 0 Å². The van der Waals surface area contributed by atoms with Gasteiger partial charge >= 0.3 is 23.1 Å². The minimum atomic E-state index is -1.37. The molecule has 98 valence electrons. The van der Waals surface area contributed by atoms with E-state index < -0.39 is 17.7 Å². The molecular weight excluding hydrogens is 284 g/mol. The second kappa shape index (κ2) is 5.31. The smallest absolute Gasteiger partial charge is 0.545 e. The fraction of sp³-hybridized carbons (Fsp3) is 0. The van der Waals surface area contributed by atoms with Gasteiger partial charge in [0, 0.05) is 11.1 Å². The summed E-state index contributed by atoms with van der Waals surface area (Å²) in [6.07, 6.45) is 0. The maximum Gasteiger partial charge on any atom is 2.00 e. The average Bonchev–Trinajstić information content (AvgIpc) is 2.71. The van der Waals surface area contributed by atoms with Gasteiger partial charge in [-0.05, 0) is 34.4 Å². The summed E-state index contributed by atoms with van der Waals surface area (Å²) in [5.41, 5.74) is 1.45. The monoisotopic (exact) mass is 290 g/mol. The number of aromatic carboxylic acids is 2. The van der Waals surface area contributed by atoms with Gasteiger partial charge in [0.1, 0.15) is 0 Å². The van der Waals surface area contributed by atoms with Crippen LogP contribution in [-0.2, 0) is 0 Å². The van der Waals surface area contributed by atoms with E-state index in [1.807, 2.05) is 0 Å². The second-order valence-corrected chi connectivity index (χ2v) is 4.42. The number of ketones is 1. The molecule has 6 heteroatoms. The van der Waals surface area contributed by atoms with Crippen LogP contribution in [0.5, 0.6) is 0 Å². The number of rotatable bonds is 2. The molecule has 0 unspecified atom stereocenters. The zero-order valence-corrected chi connectivity index (χ0v) is 12.1. The standard InChI is InChI=1S/C15H8O5.Mg/c16-13-11-5-7(14(17)18)1-3-9(11)10-4-2-8(15(19)20)6-12(10)13;/h1-6H,(H,17,18)(H,19,20);/q;+2/p-2. The first-order valence-corrected chi connectivity index (χ1v) is 5.75. The van der Waals surface area contributed by atoms with Gasteiger partial charge in [-0.1, -0.05) is 24.3 Å². The Morgan fingerprint density at radius 3 is 1.43 bits per heavy atom. The Bertz CT molecular complexity index is 729. The Balaban J connectivity index is 0.00000161.